The first-order valence-corrected chi connectivity index (χ1v) is 3.09. The van der Waals surface area contributed by atoms with E-state index in [1.165, 1.54) is 6.20 Å². The highest BCUT2D eigenvalue weighted by atomic mass is 16.3. The van der Waals surface area contributed by atoms with E-state index in [1.807, 2.05) is 0 Å². The fourth-order valence-corrected chi connectivity index (χ4v) is 0.798. The van der Waals surface area contributed by atoms with E-state index in [4.69, 9.17) is 10.8 Å². The van der Waals surface area contributed by atoms with E-state index in [1.54, 1.807) is 19.2 Å². The molecule has 0 aliphatic rings. The molecule has 0 aromatic carbocycles. The van der Waals surface area contributed by atoms with Gasteiger partial charge in [-0.15, -0.1) is 0 Å². The van der Waals surface area contributed by atoms with Gasteiger partial charge in [-0.1, -0.05) is 0 Å². The number of aromatic nitrogens is 1. The Hall–Kier alpha value is -1.09. The van der Waals surface area contributed by atoms with Gasteiger partial charge in [0.25, 0.3) is 0 Å². The van der Waals surface area contributed by atoms with Gasteiger partial charge in [0.1, 0.15) is 0 Å². The number of nitrogens with zero attached hydrogens (tertiary/aromatic N) is 1. The first kappa shape index (κ1) is 7.02. The van der Waals surface area contributed by atoms with Crippen molar-refractivity contribution in [2.45, 2.75) is 13.0 Å². The third-order valence-electron chi connectivity index (χ3n) is 1.34. The highest BCUT2D eigenvalue weighted by Gasteiger charge is 2.02. The summed E-state index contributed by atoms with van der Waals surface area (Å²) in [6, 6.07) is 1.71. The molecule has 0 saturated carbocycles. The molecule has 1 aromatic heterocycles. The molecular formula is C7H10N2O. The summed E-state index contributed by atoms with van der Waals surface area (Å²) in [6.07, 6.45) is 2.63. The van der Waals surface area contributed by atoms with Crippen molar-refractivity contribution in [2.24, 2.45) is 0 Å². The van der Waals surface area contributed by atoms with Crippen LogP contribution in [0, 0.1) is 0 Å². The summed E-state index contributed by atoms with van der Waals surface area (Å²) >= 11 is 0. The van der Waals surface area contributed by atoms with Gasteiger partial charge in [-0.2, -0.15) is 0 Å². The Balaban J connectivity index is 3.03. The molecule has 54 valence electrons. The van der Waals surface area contributed by atoms with Crippen molar-refractivity contribution in [2.75, 3.05) is 5.73 Å². The number of hydrogen-bond donors (Lipinski definition) is 2. The normalized spacial score (nSPS) is 13.0. The van der Waals surface area contributed by atoms with Gasteiger partial charge in [0.15, 0.2) is 0 Å². The van der Waals surface area contributed by atoms with Gasteiger partial charge in [0.2, 0.25) is 0 Å². The fraction of sp³-hybridized carbons (Fsp3) is 0.286. The predicted octanol–water partition coefficient (Wildman–Crippen LogP) is 0.717. The molecule has 3 heteroatoms. The Morgan fingerprint density at radius 2 is 2.40 bits per heavy atom. The zero-order valence-electron chi connectivity index (χ0n) is 5.78. The quantitative estimate of drug-likeness (QED) is 0.601. The zero-order valence-corrected chi connectivity index (χ0v) is 5.78. The van der Waals surface area contributed by atoms with E-state index < -0.39 is 6.10 Å². The molecule has 0 amide bonds. The van der Waals surface area contributed by atoms with Crippen molar-refractivity contribution in [1.82, 2.24) is 4.98 Å². The Labute approximate surface area is 59.5 Å². The van der Waals surface area contributed by atoms with Gasteiger partial charge in [0, 0.05) is 11.8 Å². The molecular weight excluding hydrogens is 128 g/mol. The lowest BCUT2D eigenvalue weighted by Crippen LogP contribution is -1.98. The number of anilines is 1. The Kier molecular flexibility index (Phi) is 1.87. The average Bonchev–Trinajstić information content (AvgIpc) is 1.88. The van der Waals surface area contributed by atoms with Crippen LogP contribution in [0.3, 0.4) is 0 Å². The van der Waals surface area contributed by atoms with Crippen LogP contribution in [0.2, 0.25) is 0 Å². The minimum atomic E-state index is -0.511. The summed E-state index contributed by atoms with van der Waals surface area (Å²) in [5, 5.41) is 9.10. The lowest BCUT2D eigenvalue weighted by atomic mass is 10.1. The molecule has 3 nitrogen and oxygen atoms in total. The van der Waals surface area contributed by atoms with Gasteiger partial charge in [0.05, 0.1) is 18.0 Å². The number of aliphatic hydroxyl groups is 1. The maximum Gasteiger partial charge on any atom is 0.0782 e. The third-order valence-corrected chi connectivity index (χ3v) is 1.34. The highest BCUT2D eigenvalue weighted by molar-refractivity contribution is 5.44. The Morgan fingerprint density at radius 1 is 1.70 bits per heavy atom. The van der Waals surface area contributed by atoms with Crippen LogP contribution in [0.4, 0.5) is 5.69 Å². The van der Waals surface area contributed by atoms with Crippen LogP contribution in [-0.4, -0.2) is 10.1 Å². The first-order valence-electron chi connectivity index (χ1n) is 3.09. The molecule has 0 saturated heterocycles. The zero-order chi connectivity index (χ0) is 7.56. The monoisotopic (exact) mass is 138 g/mol. The summed E-state index contributed by atoms with van der Waals surface area (Å²) in [4.78, 5) is 3.79. The molecule has 1 unspecified atom stereocenters. The minimum Gasteiger partial charge on any atom is -0.397 e. The number of nitrogens with two attached hydrogens (primary N) is 1. The van der Waals surface area contributed by atoms with Crippen molar-refractivity contribution < 1.29 is 5.11 Å². The molecule has 0 bridgehead atoms. The average molecular weight is 138 g/mol. The van der Waals surface area contributed by atoms with Crippen LogP contribution in [0.1, 0.15) is 18.6 Å². The third kappa shape index (κ3) is 1.25. The van der Waals surface area contributed by atoms with E-state index in [0.29, 0.717) is 5.69 Å². The van der Waals surface area contributed by atoms with Crippen molar-refractivity contribution in [3.8, 4) is 0 Å². The van der Waals surface area contributed by atoms with E-state index in [9.17, 15) is 0 Å². The van der Waals surface area contributed by atoms with E-state index in [0.717, 1.165) is 5.56 Å². The van der Waals surface area contributed by atoms with Gasteiger partial charge in [-0.3, -0.25) is 4.98 Å². The summed E-state index contributed by atoms with van der Waals surface area (Å²) in [6.45, 7) is 1.67. The van der Waals surface area contributed by atoms with Crippen molar-refractivity contribution >= 4 is 5.69 Å². The SMILES string of the molecule is CC(O)c1ccncc1N. The van der Waals surface area contributed by atoms with E-state index >= 15 is 0 Å². The minimum absolute atomic E-state index is 0.511. The van der Waals surface area contributed by atoms with Crippen molar-refractivity contribution in [1.29, 1.82) is 0 Å². The van der Waals surface area contributed by atoms with Gasteiger partial charge in [-0.25, -0.2) is 0 Å². The number of aliphatic hydroxyl groups excluding tert-OH is 1. The second-order valence-electron chi connectivity index (χ2n) is 2.18. The summed E-state index contributed by atoms with van der Waals surface area (Å²) < 4.78 is 0. The second kappa shape index (κ2) is 2.66. The number of pyridine rings is 1. The molecule has 10 heavy (non-hydrogen) atoms. The molecule has 0 fully saturated rings. The van der Waals surface area contributed by atoms with Crippen LogP contribution in [0.15, 0.2) is 18.5 Å². The molecule has 0 radical (unpaired) electrons. The van der Waals surface area contributed by atoms with Crippen molar-refractivity contribution in [3.05, 3.63) is 24.0 Å². The lowest BCUT2D eigenvalue weighted by molar-refractivity contribution is 0.200. The van der Waals surface area contributed by atoms with Gasteiger partial charge < -0.3 is 10.8 Å². The number of rotatable bonds is 1. The predicted molar refractivity (Wildman–Crippen MR) is 39.3 cm³/mol. The second-order valence-corrected chi connectivity index (χ2v) is 2.18. The smallest absolute Gasteiger partial charge is 0.0782 e. The summed E-state index contributed by atoms with van der Waals surface area (Å²) in [5.74, 6) is 0. The van der Waals surface area contributed by atoms with E-state index in [2.05, 4.69) is 4.98 Å². The fourth-order valence-electron chi connectivity index (χ4n) is 0.798. The van der Waals surface area contributed by atoms with Crippen molar-refractivity contribution in [3.63, 3.8) is 0 Å². The first-order chi connectivity index (χ1) is 4.72. The Morgan fingerprint density at radius 3 is 2.80 bits per heavy atom. The molecule has 1 atom stereocenters. The summed E-state index contributed by atoms with van der Waals surface area (Å²) in [7, 11) is 0. The van der Waals surface area contributed by atoms with Crippen LogP contribution in [-0.2, 0) is 0 Å². The highest BCUT2D eigenvalue weighted by Crippen LogP contribution is 2.16. The molecule has 1 rings (SSSR count). The van der Waals surface area contributed by atoms with Crippen LogP contribution in [0.5, 0.6) is 0 Å². The van der Waals surface area contributed by atoms with Crippen LogP contribution >= 0.6 is 0 Å². The van der Waals surface area contributed by atoms with E-state index in [-0.39, 0.29) is 0 Å². The molecule has 3 N–H and O–H groups in total. The largest absolute Gasteiger partial charge is 0.397 e. The van der Waals surface area contributed by atoms with Crippen LogP contribution in [0.25, 0.3) is 0 Å². The molecule has 1 heterocycles. The Bertz CT molecular complexity index is 223. The topological polar surface area (TPSA) is 59.1 Å². The standard InChI is InChI=1S/C7H10N2O/c1-5(10)6-2-3-9-4-7(6)8/h2-5,10H,8H2,1H3. The number of hydrogen-bond acceptors (Lipinski definition) is 3. The van der Waals surface area contributed by atoms with Gasteiger partial charge >= 0.3 is 0 Å². The molecule has 1 aromatic rings. The molecule has 0 spiro atoms. The number of nitrogen functional groups attached to an aromatic ring is 1. The molecule has 0 aliphatic carbocycles. The summed E-state index contributed by atoms with van der Waals surface area (Å²) in [5.41, 5.74) is 6.77. The van der Waals surface area contributed by atoms with Gasteiger partial charge in [-0.05, 0) is 13.0 Å². The maximum atomic E-state index is 9.10. The molecule has 0 aliphatic heterocycles. The maximum absolute atomic E-state index is 9.10. The van der Waals surface area contributed by atoms with Crippen LogP contribution < -0.4 is 5.73 Å². The lowest BCUT2D eigenvalue weighted by Gasteiger charge is -2.05.